The van der Waals surface area contributed by atoms with E-state index in [0.717, 1.165) is 38.7 Å². The van der Waals surface area contributed by atoms with E-state index in [4.69, 9.17) is 14.5 Å². The molecule has 1 fully saturated rings. The Bertz CT molecular complexity index is 796. The van der Waals surface area contributed by atoms with Crippen molar-refractivity contribution in [2.24, 2.45) is 4.99 Å². The fourth-order valence-electron chi connectivity index (χ4n) is 3.39. The number of anilines is 1. The molecule has 2 aromatic rings. The van der Waals surface area contributed by atoms with Crippen molar-refractivity contribution in [3.8, 4) is 11.5 Å². The number of piperazine rings is 1. The lowest BCUT2D eigenvalue weighted by atomic mass is 10.1. The molecule has 166 valence electrons. The quantitative estimate of drug-likeness (QED) is 0.316. The number of aliphatic hydroxyl groups excluding tert-OH is 1. The van der Waals surface area contributed by atoms with E-state index in [1.165, 1.54) is 5.00 Å². The van der Waals surface area contributed by atoms with Gasteiger partial charge in [-0.1, -0.05) is 0 Å². The van der Waals surface area contributed by atoms with Crippen LogP contribution in [-0.2, 0) is 0 Å². The number of nitrogens with zero attached hydrogens (tertiary/aromatic N) is 3. The maximum atomic E-state index is 10.7. The number of benzene rings is 1. The van der Waals surface area contributed by atoms with E-state index in [-0.39, 0.29) is 30.5 Å². The molecule has 2 heterocycles. The number of aliphatic hydroxyl groups is 1. The van der Waals surface area contributed by atoms with Gasteiger partial charge >= 0.3 is 0 Å². The zero-order chi connectivity index (χ0) is 20.6. The van der Waals surface area contributed by atoms with Crippen LogP contribution in [0.4, 0.5) is 5.00 Å². The van der Waals surface area contributed by atoms with E-state index in [2.05, 4.69) is 39.6 Å². The Hall–Kier alpha value is -1.72. The van der Waals surface area contributed by atoms with Crippen LogP contribution in [-0.4, -0.2) is 69.5 Å². The molecule has 30 heavy (non-hydrogen) atoms. The molecule has 7 nitrogen and oxygen atoms in total. The minimum atomic E-state index is -0.777. The van der Waals surface area contributed by atoms with Gasteiger partial charge in [0.05, 0.1) is 25.8 Å². The highest BCUT2D eigenvalue weighted by molar-refractivity contribution is 14.0. The van der Waals surface area contributed by atoms with E-state index in [1.54, 1.807) is 37.7 Å². The van der Waals surface area contributed by atoms with E-state index in [9.17, 15) is 5.11 Å². The number of hydrogen-bond donors (Lipinski definition) is 2. The summed E-state index contributed by atoms with van der Waals surface area (Å²) in [6.07, 6.45) is -0.777. The number of methoxy groups -OCH3 is 2. The molecular formula is C21H31IN4O3S. The van der Waals surface area contributed by atoms with Crippen LogP contribution >= 0.6 is 35.3 Å². The van der Waals surface area contributed by atoms with Gasteiger partial charge in [0.15, 0.2) is 5.96 Å². The molecule has 1 aromatic heterocycles. The Morgan fingerprint density at radius 3 is 2.57 bits per heavy atom. The summed E-state index contributed by atoms with van der Waals surface area (Å²) in [4.78, 5) is 9.36. The molecule has 1 aliphatic heterocycles. The number of guanidine groups is 1. The molecule has 3 rings (SSSR count). The summed E-state index contributed by atoms with van der Waals surface area (Å²) in [5, 5.41) is 17.5. The lowest BCUT2D eigenvalue weighted by molar-refractivity contribution is 0.181. The summed E-state index contributed by atoms with van der Waals surface area (Å²) in [7, 11) is 3.20. The van der Waals surface area contributed by atoms with E-state index < -0.39 is 6.10 Å². The van der Waals surface area contributed by atoms with Crippen molar-refractivity contribution in [2.75, 3.05) is 58.4 Å². The fourth-order valence-corrected chi connectivity index (χ4v) is 4.17. The molecule has 0 bridgehead atoms. The van der Waals surface area contributed by atoms with E-state index >= 15 is 0 Å². The van der Waals surface area contributed by atoms with Crippen molar-refractivity contribution in [3.05, 3.63) is 41.3 Å². The highest BCUT2D eigenvalue weighted by Crippen LogP contribution is 2.29. The second-order valence-electron chi connectivity index (χ2n) is 6.74. The minimum absolute atomic E-state index is 0. The van der Waals surface area contributed by atoms with Crippen molar-refractivity contribution < 1.29 is 14.6 Å². The van der Waals surface area contributed by atoms with Crippen LogP contribution in [0.25, 0.3) is 0 Å². The van der Waals surface area contributed by atoms with Crippen LogP contribution in [0.3, 0.4) is 0 Å². The molecule has 1 unspecified atom stereocenters. The van der Waals surface area contributed by atoms with Gasteiger partial charge in [-0.05, 0) is 42.6 Å². The Balaban J connectivity index is 0.00000320. The van der Waals surface area contributed by atoms with Crippen molar-refractivity contribution in [1.82, 2.24) is 10.2 Å². The minimum Gasteiger partial charge on any atom is -0.497 e. The van der Waals surface area contributed by atoms with Crippen molar-refractivity contribution >= 4 is 46.3 Å². The Morgan fingerprint density at radius 2 is 1.97 bits per heavy atom. The molecule has 0 radical (unpaired) electrons. The van der Waals surface area contributed by atoms with Crippen LogP contribution in [0, 0.1) is 0 Å². The Kier molecular flexibility index (Phi) is 9.99. The Morgan fingerprint density at radius 1 is 1.20 bits per heavy atom. The third-order valence-electron chi connectivity index (χ3n) is 4.94. The maximum absolute atomic E-state index is 10.7. The molecule has 2 N–H and O–H groups in total. The molecule has 1 saturated heterocycles. The number of hydrogen-bond acceptors (Lipinski definition) is 6. The zero-order valence-electron chi connectivity index (χ0n) is 17.7. The number of thiophene rings is 1. The van der Waals surface area contributed by atoms with E-state index in [0.29, 0.717) is 17.1 Å². The molecule has 1 aliphatic rings. The van der Waals surface area contributed by atoms with Gasteiger partial charge in [0.25, 0.3) is 0 Å². The lowest BCUT2D eigenvalue weighted by Gasteiger charge is -2.37. The van der Waals surface area contributed by atoms with Gasteiger partial charge < -0.3 is 29.7 Å². The summed E-state index contributed by atoms with van der Waals surface area (Å²) < 4.78 is 10.7. The Labute approximate surface area is 199 Å². The third-order valence-corrected chi connectivity index (χ3v) is 5.87. The summed E-state index contributed by atoms with van der Waals surface area (Å²) in [5.74, 6) is 2.14. The first-order valence-electron chi connectivity index (χ1n) is 9.88. The van der Waals surface area contributed by atoms with Crippen molar-refractivity contribution in [3.63, 3.8) is 0 Å². The van der Waals surface area contributed by atoms with Gasteiger partial charge in [0.2, 0.25) is 0 Å². The summed E-state index contributed by atoms with van der Waals surface area (Å²) >= 11 is 1.77. The largest absolute Gasteiger partial charge is 0.497 e. The highest BCUT2D eigenvalue weighted by atomic mass is 127. The summed E-state index contributed by atoms with van der Waals surface area (Å²) in [6.45, 7) is 6.78. The van der Waals surface area contributed by atoms with Gasteiger partial charge in [-0.15, -0.1) is 35.3 Å². The number of nitrogens with one attached hydrogen (secondary N) is 1. The second-order valence-corrected chi connectivity index (χ2v) is 7.67. The molecule has 0 saturated carbocycles. The first kappa shape index (κ1) is 24.5. The number of ether oxygens (including phenoxy) is 2. The van der Waals surface area contributed by atoms with Gasteiger partial charge in [-0.25, -0.2) is 0 Å². The van der Waals surface area contributed by atoms with Crippen LogP contribution in [0.1, 0.15) is 18.6 Å². The summed E-state index contributed by atoms with van der Waals surface area (Å²) in [6, 6.07) is 9.67. The standard InChI is InChI=1S/C21H30N4O3S.HI/c1-4-22-21(25-11-9-24(10-12-25)20-6-5-13-29-20)23-15-18(26)17-14-16(27-2)7-8-19(17)28-3;/h5-8,13-14,18,26H,4,9-12,15H2,1-3H3,(H,22,23);1H. The third kappa shape index (κ3) is 6.14. The molecule has 1 atom stereocenters. The van der Waals surface area contributed by atoms with Crippen molar-refractivity contribution in [2.45, 2.75) is 13.0 Å². The number of rotatable bonds is 7. The molecule has 0 aliphatic carbocycles. The fraction of sp³-hybridized carbons (Fsp3) is 0.476. The number of halogens is 1. The predicted molar refractivity (Wildman–Crippen MR) is 134 cm³/mol. The first-order chi connectivity index (χ1) is 14.2. The van der Waals surface area contributed by atoms with Crippen LogP contribution in [0.5, 0.6) is 11.5 Å². The van der Waals surface area contributed by atoms with Crippen LogP contribution in [0.15, 0.2) is 40.7 Å². The average Bonchev–Trinajstić information content (AvgIpc) is 3.31. The first-order valence-corrected chi connectivity index (χ1v) is 10.8. The molecule has 0 spiro atoms. The van der Waals surface area contributed by atoms with Gasteiger partial charge in [-0.3, -0.25) is 4.99 Å². The smallest absolute Gasteiger partial charge is 0.194 e. The van der Waals surface area contributed by atoms with E-state index in [1.807, 2.05) is 6.07 Å². The van der Waals surface area contributed by atoms with Gasteiger partial charge in [0.1, 0.15) is 17.6 Å². The topological polar surface area (TPSA) is 69.6 Å². The van der Waals surface area contributed by atoms with Crippen LogP contribution in [0.2, 0.25) is 0 Å². The molecule has 9 heteroatoms. The monoisotopic (exact) mass is 546 g/mol. The lowest BCUT2D eigenvalue weighted by Crippen LogP contribution is -2.52. The molecule has 0 amide bonds. The van der Waals surface area contributed by atoms with Crippen molar-refractivity contribution in [1.29, 1.82) is 0 Å². The van der Waals surface area contributed by atoms with Gasteiger partial charge in [-0.2, -0.15) is 0 Å². The summed E-state index contributed by atoms with van der Waals surface area (Å²) in [5.41, 5.74) is 0.675. The second kappa shape index (κ2) is 12.2. The molecule has 1 aromatic carbocycles. The molecular weight excluding hydrogens is 515 g/mol. The highest BCUT2D eigenvalue weighted by Gasteiger charge is 2.21. The SMILES string of the molecule is CCNC(=NCC(O)c1cc(OC)ccc1OC)N1CCN(c2cccs2)CC1.I. The van der Waals surface area contributed by atoms with Gasteiger partial charge in [0, 0.05) is 38.3 Å². The van der Waals surface area contributed by atoms with Crippen LogP contribution < -0.4 is 19.7 Å². The average molecular weight is 546 g/mol. The predicted octanol–water partition coefficient (Wildman–Crippen LogP) is 3.20. The normalized spacial score (nSPS) is 15.4. The zero-order valence-corrected chi connectivity index (χ0v) is 20.9. The number of aliphatic imine (C=N–C) groups is 1. The maximum Gasteiger partial charge on any atom is 0.194 e.